The molecule has 3 rings (SSSR count). The zero-order valence-electron chi connectivity index (χ0n) is 10.8. The molecule has 1 nitrogen and oxygen atoms in total. The molecule has 0 aromatic heterocycles. The van der Waals surface area contributed by atoms with E-state index >= 15 is 0 Å². The predicted molar refractivity (Wildman–Crippen MR) is 77.1 cm³/mol. The molecule has 0 saturated heterocycles. The monoisotopic (exact) mass is 237 g/mol. The minimum atomic E-state index is 0.609. The van der Waals surface area contributed by atoms with Crippen LogP contribution >= 0.6 is 0 Å². The molecule has 2 aromatic rings. The molecule has 2 aromatic carbocycles. The lowest BCUT2D eigenvalue weighted by molar-refractivity contribution is 0.680. The summed E-state index contributed by atoms with van der Waals surface area (Å²) in [5, 5.41) is 3.55. The molecule has 1 heterocycles. The van der Waals surface area contributed by atoms with Crippen molar-refractivity contribution in [2.75, 3.05) is 5.32 Å². The van der Waals surface area contributed by atoms with Gasteiger partial charge < -0.3 is 5.32 Å². The quantitative estimate of drug-likeness (QED) is 0.831. The third-order valence-electron chi connectivity index (χ3n) is 3.67. The van der Waals surface area contributed by atoms with Crippen molar-refractivity contribution in [3.8, 4) is 0 Å². The zero-order valence-corrected chi connectivity index (χ0v) is 10.8. The van der Waals surface area contributed by atoms with E-state index in [2.05, 4.69) is 60.8 Å². The largest absolute Gasteiger partial charge is 0.382 e. The lowest BCUT2D eigenvalue weighted by atomic mass is 9.95. The van der Waals surface area contributed by atoms with Crippen LogP contribution in [0.15, 0.2) is 48.5 Å². The lowest BCUT2D eigenvalue weighted by Crippen LogP contribution is -2.21. The Balaban J connectivity index is 1.82. The van der Waals surface area contributed by atoms with Crippen LogP contribution in [-0.4, -0.2) is 6.04 Å². The highest BCUT2D eigenvalue weighted by atomic mass is 14.9. The Kier molecular flexibility index (Phi) is 3.06. The Morgan fingerprint density at radius 2 is 1.89 bits per heavy atom. The van der Waals surface area contributed by atoms with Gasteiger partial charge in [-0.3, -0.25) is 0 Å². The van der Waals surface area contributed by atoms with Gasteiger partial charge in [0, 0.05) is 11.7 Å². The molecule has 1 aliphatic rings. The number of anilines is 1. The Morgan fingerprint density at radius 1 is 1.06 bits per heavy atom. The van der Waals surface area contributed by atoms with Gasteiger partial charge in [0.1, 0.15) is 0 Å². The van der Waals surface area contributed by atoms with Gasteiger partial charge in [0.05, 0.1) is 0 Å². The average molecular weight is 237 g/mol. The number of rotatable bonds is 2. The van der Waals surface area contributed by atoms with E-state index in [0.717, 1.165) is 6.42 Å². The summed E-state index contributed by atoms with van der Waals surface area (Å²) in [5.41, 5.74) is 5.60. The maximum Gasteiger partial charge on any atom is 0.0374 e. The smallest absolute Gasteiger partial charge is 0.0374 e. The first-order valence-electron chi connectivity index (χ1n) is 6.73. The highest BCUT2D eigenvalue weighted by Crippen LogP contribution is 2.26. The SMILES string of the molecule is CC1CCc2cc(Cc3ccccc3)ccc2N1. The van der Waals surface area contributed by atoms with E-state index in [1.54, 1.807) is 0 Å². The van der Waals surface area contributed by atoms with Gasteiger partial charge in [-0.2, -0.15) is 0 Å². The van der Waals surface area contributed by atoms with Crippen LogP contribution in [0.25, 0.3) is 0 Å². The summed E-state index contributed by atoms with van der Waals surface area (Å²) in [4.78, 5) is 0. The molecule has 1 N–H and O–H groups in total. The van der Waals surface area contributed by atoms with Crippen molar-refractivity contribution in [3.05, 3.63) is 65.2 Å². The number of hydrogen-bond donors (Lipinski definition) is 1. The molecule has 0 fully saturated rings. The Bertz CT molecular complexity index is 531. The van der Waals surface area contributed by atoms with Gasteiger partial charge in [-0.25, -0.2) is 0 Å². The van der Waals surface area contributed by atoms with Gasteiger partial charge in [0.25, 0.3) is 0 Å². The van der Waals surface area contributed by atoms with Crippen LogP contribution in [0.1, 0.15) is 30.0 Å². The molecule has 0 radical (unpaired) electrons. The number of hydrogen-bond acceptors (Lipinski definition) is 1. The van der Waals surface area contributed by atoms with Crippen LogP contribution < -0.4 is 5.32 Å². The molecule has 92 valence electrons. The average Bonchev–Trinajstić information content (AvgIpc) is 2.40. The van der Waals surface area contributed by atoms with E-state index in [1.807, 2.05) is 0 Å². The first-order valence-corrected chi connectivity index (χ1v) is 6.73. The normalized spacial score (nSPS) is 17.9. The molecule has 1 unspecified atom stereocenters. The van der Waals surface area contributed by atoms with Crippen LogP contribution in [-0.2, 0) is 12.8 Å². The third-order valence-corrected chi connectivity index (χ3v) is 3.67. The molecule has 0 amide bonds. The minimum Gasteiger partial charge on any atom is -0.382 e. The second kappa shape index (κ2) is 4.85. The Labute approximate surface area is 109 Å². The van der Waals surface area contributed by atoms with Gasteiger partial charge in [-0.05, 0) is 48.9 Å². The number of aryl methyl sites for hydroxylation is 1. The van der Waals surface area contributed by atoms with Gasteiger partial charge >= 0.3 is 0 Å². The van der Waals surface area contributed by atoms with E-state index < -0.39 is 0 Å². The van der Waals surface area contributed by atoms with Gasteiger partial charge in [0.15, 0.2) is 0 Å². The van der Waals surface area contributed by atoms with Gasteiger partial charge in [-0.15, -0.1) is 0 Å². The second-order valence-electron chi connectivity index (χ2n) is 5.24. The van der Waals surface area contributed by atoms with Crippen LogP contribution in [0.4, 0.5) is 5.69 Å². The van der Waals surface area contributed by atoms with Crippen LogP contribution in [0.2, 0.25) is 0 Å². The molecule has 0 aliphatic carbocycles. The maximum absolute atomic E-state index is 3.55. The molecule has 1 atom stereocenters. The molecular formula is C17H19N. The minimum absolute atomic E-state index is 0.609. The summed E-state index contributed by atoms with van der Waals surface area (Å²) in [7, 11) is 0. The fourth-order valence-corrected chi connectivity index (χ4v) is 2.65. The molecule has 1 aliphatic heterocycles. The molecule has 0 spiro atoms. The number of benzene rings is 2. The summed E-state index contributed by atoms with van der Waals surface area (Å²) in [6, 6.07) is 18.1. The van der Waals surface area contributed by atoms with Crippen molar-refractivity contribution < 1.29 is 0 Å². The topological polar surface area (TPSA) is 12.0 Å². The highest BCUT2D eigenvalue weighted by molar-refractivity contribution is 5.55. The van der Waals surface area contributed by atoms with E-state index in [1.165, 1.54) is 35.2 Å². The first kappa shape index (κ1) is 11.3. The van der Waals surface area contributed by atoms with Crippen molar-refractivity contribution in [1.29, 1.82) is 0 Å². The summed E-state index contributed by atoms with van der Waals surface area (Å²) >= 11 is 0. The van der Waals surface area contributed by atoms with Crippen molar-refractivity contribution in [1.82, 2.24) is 0 Å². The van der Waals surface area contributed by atoms with Gasteiger partial charge in [-0.1, -0.05) is 42.5 Å². The highest BCUT2D eigenvalue weighted by Gasteiger charge is 2.13. The van der Waals surface area contributed by atoms with Crippen LogP contribution in [0.3, 0.4) is 0 Å². The summed E-state index contributed by atoms with van der Waals surface area (Å²) in [6.07, 6.45) is 3.47. The predicted octanol–water partition coefficient (Wildman–Crippen LogP) is 4.02. The van der Waals surface area contributed by atoms with Crippen LogP contribution in [0.5, 0.6) is 0 Å². The fraction of sp³-hybridized carbons (Fsp3) is 0.294. The van der Waals surface area contributed by atoms with Crippen molar-refractivity contribution >= 4 is 5.69 Å². The maximum atomic E-state index is 3.55. The van der Waals surface area contributed by atoms with E-state index in [9.17, 15) is 0 Å². The molecule has 0 bridgehead atoms. The van der Waals surface area contributed by atoms with Crippen molar-refractivity contribution in [2.45, 2.75) is 32.2 Å². The zero-order chi connectivity index (χ0) is 12.4. The second-order valence-corrected chi connectivity index (χ2v) is 5.24. The molecular weight excluding hydrogens is 218 g/mol. The first-order chi connectivity index (χ1) is 8.81. The number of nitrogens with one attached hydrogen (secondary N) is 1. The van der Waals surface area contributed by atoms with Crippen molar-refractivity contribution in [2.24, 2.45) is 0 Å². The lowest BCUT2D eigenvalue weighted by Gasteiger charge is -2.24. The summed E-state index contributed by atoms with van der Waals surface area (Å²) < 4.78 is 0. The van der Waals surface area contributed by atoms with E-state index in [0.29, 0.717) is 6.04 Å². The molecule has 0 saturated carbocycles. The third kappa shape index (κ3) is 2.40. The van der Waals surface area contributed by atoms with Crippen molar-refractivity contribution in [3.63, 3.8) is 0 Å². The number of fused-ring (bicyclic) bond motifs is 1. The fourth-order valence-electron chi connectivity index (χ4n) is 2.65. The Hall–Kier alpha value is -1.76. The standard InChI is InChI=1S/C17H19N/c1-13-7-9-16-12-15(8-10-17(16)18-13)11-14-5-3-2-4-6-14/h2-6,8,10,12-13,18H,7,9,11H2,1H3. The van der Waals surface area contributed by atoms with E-state index in [4.69, 9.17) is 0 Å². The molecule has 18 heavy (non-hydrogen) atoms. The van der Waals surface area contributed by atoms with E-state index in [-0.39, 0.29) is 0 Å². The Morgan fingerprint density at radius 3 is 2.72 bits per heavy atom. The summed E-state index contributed by atoms with van der Waals surface area (Å²) in [6.45, 7) is 2.25. The van der Waals surface area contributed by atoms with Crippen LogP contribution in [0, 0.1) is 0 Å². The molecule has 1 heteroatoms. The summed E-state index contributed by atoms with van der Waals surface area (Å²) in [5.74, 6) is 0. The van der Waals surface area contributed by atoms with Gasteiger partial charge in [0.2, 0.25) is 0 Å².